The molecule has 0 saturated carbocycles. The largest absolute Gasteiger partial charge is 0.361 e. The summed E-state index contributed by atoms with van der Waals surface area (Å²) < 4.78 is 0. The summed E-state index contributed by atoms with van der Waals surface area (Å²) in [5.74, 6) is 0.729. The lowest BCUT2D eigenvalue weighted by atomic mass is 10.1. The Balaban J connectivity index is 1.97. The molecule has 0 bridgehead atoms. The average molecular weight is 256 g/mol. The van der Waals surface area contributed by atoms with Gasteiger partial charge in [0.25, 0.3) is 0 Å². The van der Waals surface area contributed by atoms with Crippen LogP contribution in [-0.4, -0.2) is 21.5 Å². The molecule has 98 valence electrons. The van der Waals surface area contributed by atoms with Gasteiger partial charge in [-0.05, 0) is 25.8 Å². The van der Waals surface area contributed by atoms with E-state index in [1.807, 2.05) is 13.0 Å². The number of pyridine rings is 1. The first kappa shape index (κ1) is 11.9. The number of hydrogen-bond acceptors (Lipinski definition) is 4. The summed E-state index contributed by atoms with van der Waals surface area (Å²) in [6.45, 7) is 2.83. The van der Waals surface area contributed by atoms with Gasteiger partial charge in [-0.15, -0.1) is 0 Å². The number of nitrogens with zero attached hydrogens (tertiary/aromatic N) is 3. The molecule has 19 heavy (non-hydrogen) atoms. The fourth-order valence-corrected chi connectivity index (χ4v) is 2.66. The van der Waals surface area contributed by atoms with Gasteiger partial charge in [-0.3, -0.25) is 4.79 Å². The first-order valence-corrected chi connectivity index (χ1v) is 6.48. The molecule has 1 N–H and O–H groups in total. The van der Waals surface area contributed by atoms with Gasteiger partial charge in [0.15, 0.2) is 5.43 Å². The molecule has 1 aliphatic heterocycles. The molecule has 0 aliphatic carbocycles. The monoisotopic (exact) mass is 256 g/mol. The molecule has 0 aromatic carbocycles. The Hall–Kier alpha value is -2.17. The van der Waals surface area contributed by atoms with Gasteiger partial charge in [0.1, 0.15) is 0 Å². The standard InChI is InChI=1S/C14H16N4O/c1-10-8-11(19)9-12(17-10)13-4-2-7-18(13)14-15-5-3-6-16-14/h3,5-6,8-9,13H,2,4,7H2,1H3,(H,17,19)/t13-/m1/s1. The summed E-state index contributed by atoms with van der Waals surface area (Å²) in [5.41, 5.74) is 1.89. The zero-order valence-electron chi connectivity index (χ0n) is 10.8. The minimum atomic E-state index is 0.0482. The van der Waals surface area contributed by atoms with Crippen LogP contribution in [0.5, 0.6) is 0 Å². The molecule has 0 unspecified atom stereocenters. The van der Waals surface area contributed by atoms with Crippen molar-refractivity contribution in [1.29, 1.82) is 0 Å². The number of hydrogen-bond donors (Lipinski definition) is 1. The summed E-state index contributed by atoms with van der Waals surface area (Å²) in [7, 11) is 0. The first-order chi connectivity index (χ1) is 9.24. The lowest BCUT2D eigenvalue weighted by Gasteiger charge is -2.24. The molecular weight excluding hydrogens is 240 g/mol. The normalized spacial score (nSPS) is 18.8. The number of aromatic nitrogens is 3. The zero-order chi connectivity index (χ0) is 13.2. The average Bonchev–Trinajstić information content (AvgIpc) is 2.88. The second-order valence-electron chi connectivity index (χ2n) is 4.85. The Morgan fingerprint density at radius 2 is 2.11 bits per heavy atom. The molecule has 5 heteroatoms. The maximum atomic E-state index is 11.6. The van der Waals surface area contributed by atoms with E-state index in [1.165, 1.54) is 0 Å². The minimum absolute atomic E-state index is 0.0482. The van der Waals surface area contributed by atoms with Crippen molar-refractivity contribution in [3.63, 3.8) is 0 Å². The molecule has 1 atom stereocenters. The highest BCUT2D eigenvalue weighted by molar-refractivity contribution is 5.36. The molecular formula is C14H16N4O. The third-order valence-electron chi connectivity index (χ3n) is 3.42. The van der Waals surface area contributed by atoms with E-state index in [-0.39, 0.29) is 11.5 Å². The van der Waals surface area contributed by atoms with E-state index in [9.17, 15) is 4.79 Å². The van der Waals surface area contributed by atoms with Crippen LogP contribution in [-0.2, 0) is 0 Å². The number of aromatic amines is 1. The quantitative estimate of drug-likeness (QED) is 0.890. The van der Waals surface area contributed by atoms with Crippen LogP contribution < -0.4 is 10.3 Å². The Morgan fingerprint density at radius 1 is 1.32 bits per heavy atom. The van der Waals surface area contributed by atoms with Gasteiger partial charge in [0, 0.05) is 42.5 Å². The molecule has 0 spiro atoms. The van der Waals surface area contributed by atoms with Gasteiger partial charge in [-0.25, -0.2) is 9.97 Å². The Bertz CT molecular complexity index is 623. The van der Waals surface area contributed by atoms with Crippen LogP contribution >= 0.6 is 0 Å². The third kappa shape index (κ3) is 2.36. The van der Waals surface area contributed by atoms with Gasteiger partial charge >= 0.3 is 0 Å². The Morgan fingerprint density at radius 3 is 2.84 bits per heavy atom. The molecule has 3 rings (SSSR count). The predicted octanol–water partition coefficient (Wildman–Crippen LogP) is 1.81. The van der Waals surface area contributed by atoms with E-state index in [0.29, 0.717) is 0 Å². The van der Waals surface area contributed by atoms with E-state index in [1.54, 1.807) is 24.5 Å². The fourth-order valence-electron chi connectivity index (χ4n) is 2.66. The highest BCUT2D eigenvalue weighted by atomic mass is 16.1. The molecule has 1 saturated heterocycles. The highest BCUT2D eigenvalue weighted by Crippen LogP contribution is 2.32. The van der Waals surface area contributed by atoms with Gasteiger partial charge in [-0.1, -0.05) is 0 Å². The molecule has 3 heterocycles. The molecule has 5 nitrogen and oxygen atoms in total. The SMILES string of the molecule is Cc1cc(=O)cc([C@H]2CCCN2c2ncccn2)[nH]1. The van der Waals surface area contributed by atoms with Crippen molar-refractivity contribution >= 4 is 5.95 Å². The number of H-pyrrole nitrogens is 1. The summed E-state index contributed by atoms with van der Waals surface area (Å²) in [4.78, 5) is 25.7. The molecule has 0 amide bonds. The van der Waals surface area contributed by atoms with Crippen LogP contribution in [0, 0.1) is 6.92 Å². The third-order valence-corrected chi connectivity index (χ3v) is 3.42. The maximum Gasteiger partial charge on any atom is 0.225 e. The van der Waals surface area contributed by atoms with Gasteiger partial charge in [-0.2, -0.15) is 0 Å². The highest BCUT2D eigenvalue weighted by Gasteiger charge is 2.28. The molecule has 0 radical (unpaired) electrons. The predicted molar refractivity (Wildman–Crippen MR) is 73.2 cm³/mol. The van der Waals surface area contributed by atoms with Crippen molar-refractivity contribution < 1.29 is 0 Å². The minimum Gasteiger partial charge on any atom is -0.361 e. The summed E-state index contributed by atoms with van der Waals surface area (Å²) >= 11 is 0. The lowest BCUT2D eigenvalue weighted by Crippen LogP contribution is -2.26. The zero-order valence-corrected chi connectivity index (χ0v) is 10.8. The smallest absolute Gasteiger partial charge is 0.225 e. The van der Waals surface area contributed by atoms with E-state index >= 15 is 0 Å². The van der Waals surface area contributed by atoms with E-state index < -0.39 is 0 Å². The number of anilines is 1. The van der Waals surface area contributed by atoms with Crippen LogP contribution in [0.3, 0.4) is 0 Å². The second kappa shape index (κ2) is 4.84. The van der Waals surface area contributed by atoms with Crippen molar-refractivity contribution in [3.05, 3.63) is 52.2 Å². The van der Waals surface area contributed by atoms with Crippen LogP contribution in [0.15, 0.2) is 35.4 Å². The summed E-state index contributed by atoms with van der Waals surface area (Å²) in [6.07, 6.45) is 5.59. The number of aryl methyl sites for hydroxylation is 1. The van der Waals surface area contributed by atoms with Crippen molar-refractivity contribution in [3.8, 4) is 0 Å². The van der Waals surface area contributed by atoms with Gasteiger partial charge in [0.2, 0.25) is 5.95 Å². The molecule has 1 aliphatic rings. The van der Waals surface area contributed by atoms with Crippen molar-refractivity contribution in [2.45, 2.75) is 25.8 Å². The van der Waals surface area contributed by atoms with Crippen LogP contribution in [0.2, 0.25) is 0 Å². The van der Waals surface area contributed by atoms with Crippen molar-refractivity contribution in [1.82, 2.24) is 15.0 Å². The van der Waals surface area contributed by atoms with Crippen LogP contribution in [0.25, 0.3) is 0 Å². The molecule has 2 aromatic heterocycles. The Kier molecular flexibility index (Phi) is 3.03. The number of nitrogens with one attached hydrogen (secondary N) is 1. The fraction of sp³-hybridized carbons (Fsp3) is 0.357. The second-order valence-corrected chi connectivity index (χ2v) is 4.85. The molecule has 2 aromatic rings. The summed E-state index contributed by atoms with van der Waals surface area (Å²) in [5, 5.41) is 0. The van der Waals surface area contributed by atoms with E-state index in [4.69, 9.17) is 0 Å². The van der Waals surface area contributed by atoms with Crippen molar-refractivity contribution in [2.75, 3.05) is 11.4 Å². The van der Waals surface area contributed by atoms with Gasteiger partial charge in [0.05, 0.1) is 6.04 Å². The van der Waals surface area contributed by atoms with Crippen LogP contribution in [0.4, 0.5) is 5.95 Å². The van der Waals surface area contributed by atoms with E-state index in [0.717, 1.165) is 36.7 Å². The first-order valence-electron chi connectivity index (χ1n) is 6.48. The maximum absolute atomic E-state index is 11.6. The summed E-state index contributed by atoms with van der Waals surface area (Å²) in [6, 6.07) is 5.26. The Labute approximate surface area is 111 Å². The molecule has 1 fully saturated rings. The topological polar surface area (TPSA) is 61.9 Å². The van der Waals surface area contributed by atoms with E-state index in [2.05, 4.69) is 19.9 Å². The lowest BCUT2D eigenvalue weighted by molar-refractivity contribution is 0.676. The van der Waals surface area contributed by atoms with Crippen LogP contribution in [0.1, 0.15) is 30.3 Å². The van der Waals surface area contributed by atoms with Gasteiger partial charge < -0.3 is 9.88 Å². The number of rotatable bonds is 2. The van der Waals surface area contributed by atoms with Crippen molar-refractivity contribution in [2.24, 2.45) is 0 Å².